The molecule has 4 rings (SSSR count). The lowest BCUT2D eigenvalue weighted by Gasteiger charge is -2.04. The quantitative estimate of drug-likeness (QED) is 0.503. The van der Waals surface area contributed by atoms with Crippen molar-refractivity contribution in [1.82, 2.24) is 29.9 Å². The van der Waals surface area contributed by atoms with Crippen LogP contribution in [0.15, 0.2) is 55.0 Å². The van der Waals surface area contributed by atoms with Gasteiger partial charge in [0.2, 0.25) is 5.88 Å². The zero-order valence-electron chi connectivity index (χ0n) is 16.6. The molecule has 0 saturated carbocycles. The van der Waals surface area contributed by atoms with Crippen LogP contribution in [0.4, 0.5) is 0 Å². The maximum Gasteiger partial charge on any atom is 0.251 e. The fraction of sp³-hybridized carbons (Fsp3) is 0.190. The Morgan fingerprint density at radius 3 is 2.67 bits per heavy atom. The predicted octanol–water partition coefficient (Wildman–Crippen LogP) is 2.18. The first-order chi connectivity index (χ1) is 14.7. The van der Waals surface area contributed by atoms with Gasteiger partial charge in [0.1, 0.15) is 12.1 Å². The van der Waals surface area contributed by atoms with Crippen molar-refractivity contribution in [3.05, 3.63) is 66.4 Å². The third-order valence-electron chi connectivity index (χ3n) is 4.50. The number of ether oxygens (including phenoxy) is 2. The van der Waals surface area contributed by atoms with Gasteiger partial charge >= 0.3 is 0 Å². The van der Waals surface area contributed by atoms with Gasteiger partial charge < -0.3 is 14.8 Å². The maximum absolute atomic E-state index is 12.3. The Hall–Kier alpha value is -4.01. The molecule has 30 heavy (non-hydrogen) atoms. The Balaban J connectivity index is 1.41. The Labute approximate surface area is 172 Å². The second-order valence-electron chi connectivity index (χ2n) is 6.43. The van der Waals surface area contributed by atoms with E-state index < -0.39 is 0 Å². The minimum Gasteiger partial charge on any atom is -0.497 e. The summed E-state index contributed by atoms with van der Waals surface area (Å²) in [6, 6.07) is 12.8. The van der Waals surface area contributed by atoms with Crippen molar-refractivity contribution in [1.29, 1.82) is 0 Å². The van der Waals surface area contributed by atoms with Gasteiger partial charge in [-0.15, -0.1) is 5.10 Å². The van der Waals surface area contributed by atoms with Crippen molar-refractivity contribution in [2.24, 2.45) is 0 Å². The van der Waals surface area contributed by atoms with Gasteiger partial charge in [-0.1, -0.05) is 0 Å². The summed E-state index contributed by atoms with van der Waals surface area (Å²) < 4.78 is 11.8. The zero-order valence-corrected chi connectivity index (χ0v) is 16.6. The molecule has 3 heterocycles. The lowest BCUT2D eigenvalue weighted by atomic mass is 10.1. The van der Waals surface area contributed by atoms with Crippen LogP contribution in [0.2, 0.25) is 0 Å². The van der Waals surface area contributed by atoms with Gasteiger partial charge in [-0.2, -0.15) is 0 Å². The third-order valence-corrected chi connectivity index (χ3v) is 4.50. The largest absolute Gasteiger partial charge is 0.497 e. The number of benzene rings is 1. The highest BCUT2D eigenvalue weighted by atomic mass is 16.5. The highest BCUT2D eigenvalue weighted by Crippen LogP contribution is 2.21. The number of fused-ring (bicyclic) bond motifs is 1. The van der Waals surface area contributed by atoms with Crippen molar-refractivity contribution in [3.8, 4) is 22.9 Å². The van der Waals surface area contributed by atoms with Crippen LogP contribution >= 0.6 is 0 Å². The Bertz CT molecular complexity index is 1170. The molecule has 0 aliphatic heterocycles. The molecular weight excluding hydrogens is 384 g/mol. The van der Waals surface area contributed by atoms with Crippen LogP contribution in [0.1, 0.15) is 16.2 Å². The molecule has 4 aromatic rings. The highest BCUT2D eigenvalue weighted by molar-refractivity contribution is 5.94. The molecule has 152 valence electrons. The van der Waals surface area contributed by atoms with E-state index in [0.29, 0.717) is 35.9 Å². The molecule has 0 saturated heterocycles. The Morgan fingerprint density at radius 2 is 1.90 bits per heavy atom. The summed E-state index contributed by atoms with van der Waals surface area (Å²) in [5.74, 6) is 1.60. The molecule has 3 aromatic heterocycles. The molecule has 0 fully saturated rings. The molecular formula is C21H20N6O3. The number of carbonyl (C=O) groups excluding carboxylic acids is 1. The highest BCUT2D eigenvalue weighted by Gasteiger charge is 2.10. The number of amides is 1. The summed E-state index contributed by atoms with van der Waals surface area (Å²) in [5.41, 5.74) is 2.93. The van der Waals surface area contributed by atoms with Crippen LogP contribution in [-0.4, -0.2) is 51.2 Å². The first kappa shape index (κ1) is 19.3. The number of carbonyl (C=O) groups is 1. The lowest BCUT2D eigenvalue weighted by molar-refractivity contribution is 0.0953. The number of hydrogen-bond donors (Lipinski definition) is 1. The predicted molar refractivity (Wildman–Crippen MR) is 110 cm³/mol. The van der Waals surface area contributed by atoms with Gasteiger partial charge in [0, 0.05) is 42.4 Å². The molecule has 9 nitrogen and oxygen atoms in total. The maximum atomic E-state index is 12.3. The van der Waals surface area contributed by atoms with Gasteiger partial charge in [0.25, 0.3) is 5.91 Å². The second-order valence-corrected chi connectivity index (χ2v) is 6.43. The number of rotatable bonds is 7. The summed E-state index contributed by atoms with van der Waals surface area (Å²) >= 11 is 0. The van der Waals surface area contributed by atoms with Crippen molar-refractivity contribution >= 4 is 11.6 Å². The Kier molecular flexibility index (Phi) is 5.51. The van der Waals surface area contributed by atoms with Crippen molar-refractivity contribution < 1.29 is 14.3 Å². The monoisotopic (exact) mass is 404 g/mol. The topological polar surface area (TPSA) is 104 Å². The normalized spacial score (nSPS) is 10.7. The van der Waals surface area contributed by atoms with Crippen LogP contribution in [-0.2, 0) is 6.42 Å². The molecule has 0 radical (unpaired) electrons. The molecule has 0 bridgehead atoms. The van der Waals surface area contributed by atoms with Crippen LogP contribution in [0, 0.1) is 0 Å². The first-order valence-electron chi connectivity index (χ1n) is 9.30. The molecule has 0 aliphatic rings. The number of nitrogens with zero attached hydrogens (tertiary/aromatic N) is 5. The number of pyridine rings is 1. The van der Waals surface area contributed by atoms with E-state index in [1.807, 2.05) is 30.3 Å². The number of hydrogen-bond acceptors (Lipinski definition) is 7. The zero-order chi connectivity index (χ0) is 20.9. The standard InChI is InChI=1S/C21H20N6O3/c1-29-16-5-3-14(4-6-16)17-12-19-25-18(26-27(19)13-24-17)8-10-23-21(28)15-7-9-22-20(11-15)30-2/h3-7,9,11-13H,8,10H2,1-2H3,(H,23,28). The van der Waals surface area contributed by atoms with Gasteiger partial charge in [-0.3, -0.25) is 4.79 Å². The smallest absolute Gasteiger partial charge is 0.251 e. The fourth-order valence-corrected chi connectivity index (χ4v) is 2.92. The van der Waals surface area contributed by atoms with Crippen molar-refractivity contribution in [2.45, 2.75) is 6.42 Å². The number of methoxy groups -OCH3 is 2. The van der Waals surface area contributed by atoms with E-state index in [2.05, 4.69) is 25.4 Å². The second kappa shape index (κ2) is 8.56. The molecule has 0 spiro atoms. The summed E-state index contributed by atoms with van der Waals surface area (Å²) in [6.07, 6.45) is 3.66. The van der Waals surface area contributed by atoms with Crippen molar-refractivity contribution in [2.75, 3.05) is 20.8 Å². The van der Waals surface area contributed by atoms with E-state index in [1.165, 1.54) is 13.3 Å². The molecule has 0 aliphatic carbocycles. The molecule has 0 unspecified atom stereocenters. The minimum atomic E-state index is -0.206. The van der Waals surface area contributed by atoms with Gasteiger partial charge in [-0.25, -0.2) is 19.5 Å². The SMILES string of the molecule is COc1ccc(-c2cc3nc(CCNC(=O)c4ccnc(OC)c4)nn3cn2)cc1. The average Bonchev–Trinajstić information content (AvgIpc) is 3.21. The van der Waals surface area contributed by atoms with Crippen LogP contribution in [0.5, 0.6) is 11.6 Å². The first-order valence-corrected chi connectivity index (χ1v) is 9.30. The summed E-state index contributed by atoms with van der Waals surface area (Å²) in [5, 5.41) is 7.27. The van der Waals surface area contributed by atoms with Crippen LogP contribution in [0.3, 0.4) is 0 Å². The van der Waals surface area contributed by atoms with Crippen LogP contribution < -0.4 is 14.8 Å². The molecule has 1 N–H and O–H groups in total. The number of aromatic nitrogens is 5. The Morgan fingerprint density at radius 1 is 1.07 bits per heavy atom. The van der Waals surface area contributed by atoms with E-state index in [0.717, 1.165) is 17.0 Å². The van der Waals surface area contributed by atoms with E-state index in [4.69, 9.17) is 9.47 Å². The van der Waals surface area contributed by atoms with Gasteiger partial charge in [0.05, 0.1) is 19.9 Å². The summed E-state index contributed by atoms with van der Waals surface area (Å²) in [6.45, 7) is 0.402. The average molecular weight is 404 g/mol. The van der Waals surface area contributed by atoms with E-state index >= 15 is 0 Å². The molecule has 0 atom stereocenters. The van der Waals surface area contributed by atoms with Gasteiger partial charge in [-0.05, 0) is 30.3 Å². The van der Waals surface area contributed by atoms with E-state index in [9.17, 15) is 4.79 Å². The summed E-state index contributed by atoms with van der Waals surface area (Å²) in [4.78, 5) is 25.2. The van der Waals surface area contributed by atoms with Crippen LogP contribution in [0.25, 0.3) is 16.9 Å². The van der Waals surface area contributed by atoms with E-state index in [-0.39, 0.29) is 5.91 Å². The lowest BCUT2D eigenvalue weighted by Crippen LogP contribution is -2.26. The van der Waals surface area contributed by atoms with Gasteiger partial charge in [0.15, 0.2) is 11.5 Å². The third kappa shape index (κ3) is 4.19. The van der Waals surface area contributed by atoms with Crippen molar-refractivity contribution in [3.63, 3.8) is 0 Å². The number of nitrogens with one attached hydrogen (secondary N) is 1. The minimum absolute atomic E-state index is 0.206. The summed E-state index contributed by atoms with van der Waals surface area (Å²) in [7, 11) is 3.14. The fourth-order valence-electron chi connectivity index (χ4n) is 2.92. The van der Waals surface area contributed by atoms with E-state index in [1.54, 1.807) is 30.1 Å². The molecule has 1 amide bonds. The molecule has 1 aromatic carbocycles. The molecule has 9 heteroatoms.